The number of ether oxygens (including phenoxy) is 2. The van der Waals surface area contributed by atoms with Crippen molar-refractivity contribution in [3.05, 3.63) is 62.6 Å². The zero-order chi connectivity index (χ0) is 17.7. The topological polar surface area (TPSA) is 55.8 Å². The largest absolute Gasteiger partial charge is 0.506 e. The van der Waals surface area contributed by atoms with Gasteiger partial charge in [-0.05, 0) is 57.4 Å². The van der Waals surface area contributed by atoms with E-state index in [9.17, 15) is 9.90 Å². The first-order chi connectivity index (χ1) is 11.5. The van der Waals surface area contributed by atoms with Crippen molar-refractivity contribution >= 4 is 39.4 Å². The van der Waals surface area contributed by atoms with Crippen LogP contribution < -0.4 is 4.74 Å². The van der Waals surface area contributed by atoms with Gasteiger partial charge in [0.05, 0.1) is 23.2 Å². The summed E-state index contributed by atoms with van der Waals surface area (Å²) in [7, 11) is 3.12. The van der Waals surface area contributed by atoms with Crippen molar-refractivity contribution in [2.24, 2.45) is 0 Å². The minimum Gasteiger partial charge on any atom is -0.506 e. The predicted molar refractivity (Wildman–Crippen MR) is 97.9 cm³/mol. The normalized spacial score (nSPS) is 11.0. The Labute approximate surface area is 153 Å². The van der Waals surface area contributed by atoms with Crippen molar-refractivity contribution in [1.82, 2.24) is 0 Å². The number of rotatable bonds is 6. The van der Waals surface area contributed by atoms with Crippen LogP contribution in [0.2, 0.25) is 5.02 Å². The fraction of sp³-hybridized carbons (Fsp3) is 0.167. The van der Waals surface area contributed by atoms with Crippen LogP contribution in [0.4, 0.5) is 0 Å². The highest BCUT2D eigenvalue weighted by molar-refractivity contribution is 9.10. The highest BCUT2D eigenvalue weighted by atomic mass is 79.9. The lowest BCUT2D eigenvalue weighted by molar-refractivity contribution is 0.104. The zero-order valence-electron chi connectivity index (χ0n) is 13.2. The molecule has 0 unspecified atom stereocenters. The summed E-state index contributed by atoms with van der Waals surface area (Å²) in [6.07, 6.45) is 3.08. The van der Waals surface area contributed by atoms with Crippen LogP contribution in [0.3, 0.4) is 0 Å². The molecule has 24 heavy (non-hydrogen) atoms. The third-order valence-corrected chi connectivity index (χ3v) is 4.31. The lowest BCUT2D eigenvalue weighted by atomic mass is 10.1. The Morgan fingerprint density at radius 1 is 1.29 bits per heavy atom. The van der Waals surface area contributed by atoms with Crippen molar-refractivity contribution in [1.29, 1.82) is 0 Å². The number of carbonyl (C=O) groups excluding carboxylic acids is 1. The quantitative estimate of drug-likeness (QED) is 0.545. The van der Waals surface area contributed by atoms with Crippen LogP contribution in [0.1, 0.15) is 21.5 Å². The molecular formula is C18H16BrClO4. The van der Waals surface area contributed by atoms with Crippen molar-refractivity contribution < 1.29 is 19.4 Å². The van der Waals surface area contributed by atoms with Gasteiger partial charge in [-0.3, -0.25) is 4.79 Å². The van der Waals surface area contributed by atoms with Gasteiger partial charge in [0.2, 0.25) is 0 Å². The summed E-state index contributed by atoms with van der Waals surface area (Å²) >= 11 is 9.43. The maximum Gasteiger partial charge on any atom is 0.187 e. The van der Waals surface area contributed by atoms with Gasteiger partial charge in [-0.2, -0.15) is 0 Å². The van der Waals surface area contributed by atoms with Gasteiger partial charge in [-0.1, -0.05) is 23.7 Å². The van der Waals surface area contributed by atoms with Gasteiger partial charge in [0, 0.05) is 12.7 Å². The van der Waals surface area contributed by atoms with Crippen molar-refractivity contribution in [3.8, 4) is 11.5 Å². The van der Waals surface area contributed by atoms with Crippen LogP contribution in [-0.4, -0.2) is 25.1 Å². The summed E-state index contributed by atoms with van der Waals surface area (Å²) in [4.78, 5) is 12.4. The first-order valence-electron chi connectivity index (χ1n) is 7.02. The molecule has 0 bridgehead atoms. The molecule has 2 aromatic rings. The van der Waals surface area contributed by atoms with Gasteiger partial charge >= 0.3 is 0 Å². The minimum absolute atomic E-state index is 0.0282. The summed E-state index contributed by atoms with van der Waals surface area (Å²) in [6, 6.07) is 8.55. The molecule has 0 fully saturated rings. The summed E-state index contributed by atoms with van der Waals surface area (Å²) in [5.74, 6) is 0.258. The second-order valence-electron chi connectivity index (χ2n) is 5.00. The molecule has 1 N–H and O–H groups in total. The number of aromatic hydroxyl groups is 1. The van der Waals surface area contributed by atoms with Crippen LogP contribution >= 0.6 is 27.5 Å². The van der Waals surface area contributed by atoms with Crippen molar-refractivity contribution in [2.75, 3.05) is 14.2 Å². The second-order valence-corrected chi connectivity index (χ2v) is 6.23. The molecule has 126 valence electrons. The van der Waals surface area contributed by atoms with Crippen LogP contribution in [-0.2, 0) is 11.3 Å². The van der Waals surface area contributed by atoms with E-state index in [1.54, 1.807) is 25.3 Å². The number of ketones is 1. The number of hydrogen-bond donors (Lipinski definition) is 1. The Bertz CT molecular complexity index is 787. The monoisotopic (exact) mass is 410 g/mol. The fourth-order valence-corrected chi connectivity index (χ4v) is 2.91. The number of halogens is 2. The number of benzene rings is 2. The Balaban J connectivity index is 2.27. The number of allylic oxidation sites excluding steroid dienone is 1. The molecule has 0 heterocycles. The van der Waals surface area contributed by atoms with E-state index in [0.717, 1.165) is 10.0 Å². The number of phenols is 1. The second kappa shape index (κ2) is 8.33. The molecule has 0 amide bonds. The molecular weight excluding hydrogens is 396 g/mol. The standard InChI is InChI=1S/C18H16BrClO4/c1-23-10-12-7-13(18(20)16(22)9-12)15(21)5-3-11-4-6-17(24-2)14(19)8-11/h3-9,22H,10H2,1-2H3/b5-3+. The molecule has 0 aliphatic heterocycles. The maximum atomic E-state index is 12.4. The lowest BCUT2D eigenvalue weighted by Gasteiger charge is -2.07. The maximum absolute atomic E-state index is 12.4. The molecule has 2 rings (SSSR count). The van der Waals surface area contributed by atoms with Crippen LogP contribution in [0, 0.1) is 0 Å². The molecule has 0 aromatic heterocycles. The highest BCUT2D eigenvalue weighted by Crippen LogP contribution is 2.30. The van der Waals surface area contributed by atoms with E-state index in [0.29, 0.717) is 11.3 Å². The highest BCUT2D eigenvalue weighted by Gasteiger charge is 2.13. The third-order valence-electron chi connectivity index (χ3n) is 3.29. The van der Waals surface area contributed by atoms with Gasteiger partial charge < -0.3 is 14.6 Å². The average Bonchev–Trinajstić information content (AvgIpc) is 2.56. The minimum atomic E-state index is -0.305. The molecule has 0 atom stereocenters. The van der Waals surface area contributed by atoms with Crippen molar-refractivity contribution in [2.45, 2.75) is 6.61 Å². The van der Waals surface area contributed by atoms with Crippen LogP contribution in [0.25, 0.3) is 6.08 Å². The van der Waals surface area contributed by atoms with Crippen molar-refractivity contribution in [3.63, 3.8) is 0 Å². The van der Waals surface area contributed by atoms with Gasteiger partial charge in [0.1, 0.15) is 11.5 Å². The average molecular weight is 412 g/mol. The summed E-state index contributed by atoms with van der Waals surface area (Å²) < 4.78 is 11.0. The first kappa shape index (κ1) is 18.5. The zero-order valence-corrected chi connectivity index (χ0v) is 15.5. The summed E-state index contributed by atoms with van der Waals surface area (Å²) in [6.45, 7) is 0.278. The van der Waals surface area contributed by atoms with Gasteiger partial charge in [0.15, 0.2) is 5.78 Å². The number of hydrogen-bond acceptors (Lipinski definition) is 4. The molecule has 6 heteroatoms. The molecule has 0 spiro atoms. The molecule has 0 aliphatic rings. The van der Waals surface area contributed by atoms with Crippen LogP contribution in [0.5, 0.6) is 11.5 Å². The van der Waals surface area contributed by atoms with Gasteiger partial charge in [-0.15, -0.1) is 0 Å². The Morgan fingerprint density at radius 3 is 2.67 bits per heavy atom. The fourth-order valence-electron chi connectivity index (χ4n) is 2.14. The SMILES string of the molecule is COCc1cc(O)c(Cl)c(C(=O)/C=C/c2ccc(OC)c(Br)c2)c1. The van der Waals surface area contributed by atoms with E-state index in [1.165, 1.54) is 19.3 Å². The molecule has 0 saturated heterocycles. The molecule has 0 saturated carbocycles. The molecule has 2 aromatic carbocycles. The molecule has 4 nitrogen and oxygen atoms in total. The Kier molecular flexibility index (Phi) is 6.43. The van der Waals surface area contributed by atoms with E-state index in [1.807, 2.05) is 12.1 Å². The Hall–Kier alpha value is -1.82. The van der Waals surface area contributed by atoms with E-state index < -0.39 is 0 Å². The molecule has 0 aliphatic carbocycles. The van der Waals surface area contributed by atoms with Gasteiger partial charge in [0.25, 0.3) is 0 Å². The first-order valence-corrected chi connectivity index (χ1v) is 8.19. The van der Waals surface area contributed by atoms with Gasteiger partial charge in [-0.25, -0.2) is 0 Å². The van der Waals surface area contributed by atoms with E-state index in [2.05, 4.69) is 15.9 Å². The van der Waals surface area contributed by atoms with E-state index in [4.69, 9.17) is 21.1 Å². The van der Waals surface area contributed by atoms with E-state index >= 15 is 0 Å². The van der Waals surface area contributed by atoms with E-state index in [-0.39, 0.29) is 28.7 Å². The Morgan fingerprint density at radius 2 is 2.04 bits per heavy atom. The third kappa shape index (κ3) is 4.38. The molecule has 0 radical (unpaired) electrons. The summed E-state index contributed by atoms with van der Waals surface area (Å²) in [5.41, 5.74) is 1.72. The number of methoxy groups -OCH3 is 2. The number of phenolic OH excluding ortho intramolecular Hbond substituents is 1. The number of carbonyl (C=O) groups is 1. The lowest BCUT2D eigenvalue weighted by Crippen LogP contribution is -1.99. The smallest absolute Gasteiger partial charge is 0.187 e. The predicted octanol–water partition coefficient (Wildman–Crippen LogP) is 4.86. The van der Waals surface area contributed by atoms with Crippen LogP contribution in [0.15, 0.2) is 40.9 Å². The summed E-state index contributed by atoms with van der Waals surface area (Å²) in [5, 5.41) is 9.88.